The number of hydrogen-bond donors (Lipinski definition) is 1. The SMILES string of the molecule is C#CCCCCNCc1nc(C)c(C)o1. The maximum Gasteiger partial charge on any atom is 0.208 e. The molecule has 0 aromatic carbocycles. The van der Waals surface area contributed by atoms with Crippen LogP contribution in [0.25, 0.3) is 0 Å². The molecule has 0 spiro atoms. The number of rotatable bonds is 6. The molecule has 0 aliphatic carbocycles. The Morgan fingerprint density at radius 3 is 2.80 bits per heavy atom. The van der Waals surface area contributed by atoms with Gasteiger partial charge in [-0.1, -0.05) is 0 Å². The fraction of sp³-hybridized carbons (Fsp3) is 0.583. The minimum atomic E-state index is 0.699. The molecule has 82 valence electrons. The summed E-state index contributed by atoms with van der Waals surface area (Å²) in [4.78, 5) is 4.28. The predicted molar refractivity (Wildman–Crippen MR) is 60.4 cm³/mol. The molecular formula is C12H18N2O. The van der Waals surface area contributed by atoms with Crippen LogP contribution in [-0.2, 0) is 6.54 Å². The topological polar surface area (TPSA) is 38.1 Å². The van der Waals surface area contributed by atoms with Crippen molar-refractivity contribution >= 4 is 0 Å². The van der Waals surface area contributed by atoms with Crippen LogP contribution in [-0.4, -0.2) is 11.5 Å². The molecule has 3 nitrogen and oxygen atoms in total. The highest BCUT2D eigenvalue weighted by Gasteiger charge is 2.03. The van der Waals surface area contributed by atoms with E-state index in [2.05, 4.69) is 16.2 Å². The first-order valence-electron chi connectivity index (χ1n) is 5.31. The summed E-state index contributed by atoms with van der Waals surface area (Å²) in [5.74, 6) is 4.30. The maximum absolute atomic E-state index is 5.44. The number of aromatic nitrogens is 1. The normalized spacial score (nSPS) is 10.2. The number of hydrogen-bond acceptors (Lipinski definition) is 3. The van der Waals surface area contributed by atoms with Crippen molar-refractivity contribution in [1.82, 2.24) is 10.3 Å². The van der Waals surface area contributed by atoms with Gasteiger partial charge in [0.05, 0.1) is 12.2 Å². The van der Waals surface area contributed by atoms with Crippen molar-refractivity contribution in [2.75, 3.05) is 6.54 Å². The van der Waals surface area contributed by atoms with Gasteiger partial charge in [-0.05, 0) is 33.2 Å². The van der Waals surface area contributed by atoms with Crippen molar-refractivity contribution in [1.29, 1.82) is 0 Å². The van der Waals surface area contributed by atoms with Crippen LogP contribution in [0.5, 0.6) is 0 Å². The van der Waals surface area contributed by atoms with Crippen molar-refractivity contribution in [2.24, 2.45) is 0 Å². The van der Waals surface area contributed by atoms with Gasteiger partial charge >= 0.3 is 0 Å². The summed E-state index contributed by atoms with van der Waals surface area (Å²) in [7, 11) is 0. The number of oxazole rings is 1. The van der Waals surface area contributed by atoms with Crippen LogP contribution in [0.15, 0.2) is 4.42 Å². The number of aryl methyl sites for hydroxylation is 2. The molecule has 0 fully saturated rings. The molecule has 0 radical (unpaired) electrons. The molecule has 15 heavy (non-hydrogen) atoms. The molecule has 0 saturated heterocycles. The van der Waals surface area contributed by atoms with Gasteiger partial charge in [0.1, 0.15) is 5.76 Å². The second-order valence-corrected chi connectivity index (χ2v) is 3.59. The molecule has 1 aromatic heterocycles. The molecule has 1 N–H and O–H groups in total. The van der Waals surface area contributed by atoms with Gasteiger partial charge in [0.2, 0.25) is 5.89 Å². The fourth-order valence-electron chi connectivity index (χ4n) is 1.29. The van der Waals surface area contributed by atoms with E-state index in [1.165, 1.54) is 0 Å². The largest absolute Gasteiger partial charge is 0.444 e. The first-order chi connectivity index (χ1) is 7.24. The zero-order valence-corrected chi connectivity index (χ0v) is 9.47. The van der Waals surface area contributed by atoms with Crippen molar-refractivity contribution in [2.45, 2.75) is 39.7 Å². The minimum Gasteiger partial charge on any atom is -0.444 e. The first kappa shape index (κ1) is 11.8. The quantitative estimate of drug-likeness (QED) is 0.572. The molecule has 1 aromatic rings. The van der Waals surface area contributed by atoms with Crippen molar-refractivity contribution < 1.29 is 4.42 Å². The molecule has 0 aliphatic heterocycles. The Balaban J connectivity index is 2.13. The number of nitrogens with one attached hydrogen (secondary N) is 1. The fourth-order valence-corrected chi connectivity index (χ4v) is 1.29. The van der Waals surface area contributed by atoms with Crippen LogP contribution in [0.3, 0.4) is 0 Å². The lowest BCUT2D eigenvalue weighted by Crippen LogP contribution is -2.14. The van der Waals surface area contributed by atoms with Gasteiger partial charge in [0.25, 0.3) is 0 Å². The summed E-state index contributed by atoms with van der Waals surface area (Å²) in [6.07, 6.45) is 8.19. The smallest absolute Gasteiger partial charge is 0.208 e. The predicted octanol–water partition coefficient (Wildman–Crippen LogP) is 2.18. The molecule has 1 rings (SSSR count). The van der Waals surface area contributed by atoms with Gasteiger partial charge < -0.3 is 9.73 Å². The molecule has 0 saturated carbocycles. The Morgan fingerprint density at radius 2 is 2.20 bits per heavy atom. The van der Waals surface area contributed by atoms with Crippen LogP contribution >= 0.6 is 0 Å². The summed E-state index contributed by atoms with van der Waals surface area (Å²) in [5.41, 5.74) is 0.971. The van der Waals surface area contributed by atoms with E-state index in [0.29, 0.717) is 6.54 Å². The number of terminal acetylenes is 1. The third-order valence-corrected chi connectivity index (χ3v) is 2.27. The monoisotopic (exact) mass is 206 g/mol. The lowest BCUT2D eigenvalue weighted by Gasteiger charge is -1.99. The molecular weight excluding hydrogens is 188 g/mol. The third kappa shape index (κ3) is 4.18. The molecule has 0 amide bonds. The van der Waals surface area contributed by atoms with Crippen LogP contribution in [0.1, 0.15) is 36.6 Å². The zero-order valence-electron chi connectivity index (χ0n) is 9.47. The van der Waals surface area contributed by atoms with Gasteiger partial charge in [-0.2, -0.15) is 0 Å². The summed E-state index contributed by atoms with van der Waals surface area (Å²) in [5, 5.41) is 3.28. The number of unbranched alkanes of at least 4 members (excludes halogenated alkanes) is 2. The van der Waals surface area contributed by atoms with E-state index in [1.54, 1.807) is 0 Å². The van der Waals surface area contributed by atoms with E-state index in [-0.39, 0.29) is 0 Å². The molecule has 0 unspecified atom stereocenters. The average Bonchev–Trinajstić information content (AvgIpc) is 2.52. The van der Waals surface area contributed by atoms with E-state index in [0.717, 1.165) is 43.2 Å². The minimum absolute atomic E-state index is 0.699. The standard InChI is InChI=1S/C12H18N2O/c1-4-5-6-7-8-13-9-12-14-10(2)11(3)15-12/h1,13H,5-9H2,2-3H3. The Bertz CT molecular complexity index is 316. The number of nitrogens with zero attached hydrogens (tertiary/aromatic N) is 1. The van der Waals surface area contributed by atoms with Crippen molar-refractivity contribution in [3.05, 3.63) is 17.3 Å². The molecule has 0 aliphatic rings. The Kier molecular flexibility index (Phi) is 4.92. The average molecular weight is 206 g/mol. The van der Waals surface area contributed by atoms with Crippen LogP contribution in [0.2, 0.25) is 0 Å². The van der Waals surface area contributed by atoms with E-state index in [4.69, 9.17) is 10.8 Å². The summed E-state index contributed by atoms with van der Waals surface area (Å²) in [6, 6.07) is 0. The van der Waals surface area contributed by atoms with E-state index in [9.17, 15) is 0 Å². The molecule has 0 atom stereocenters. The van der Waals surface area contributed by atoms with Gasteiger partial charge in [0, 0.05) is 6.42 Å². The summed E-state index contributed by atoms with van der Waals surface area (Å²) in [6.45, 7) is 5.54. The Labute approximate surface area is 91.3 Å². The molecule has 1 heterocycles. The second kappa shape index (κ2) is 6.26. The maximum atomic E-state index is 5.44. The Morgan fingerprint density at radius 1 is 1.40 bits per heavy atom. The van der Waals surface area contributed by atoms with E-state index < -0.39 is 0 Å². The van der Waals surface area contributed by atoms with Crippen molar-refractivity contribution in [3.8, 4) is 12.3 Å². The van der Waals surface area contributed by atoms with Gasteiger partial charge in [-0.25, -0.2) is 4.98 Å². The lowest BCUT2D eigenvalue weighted by molar-refractivity contribution is 0.447. The highest BCUT2D eigenvalue weighted by atomic mass is 16.4. The van der Waals surface area contributed by atoms with Crippen LogP contribution in [0.4, 0.5) is 0 Å². The molecule has 0 bridgehead atoms. The highest BCUT2D eigenvalue weighted by Crippen LogP contribution is 2.07. The van der Waals surface area contributed by atoms with Gasteiger partial charge in [-0.15, -0.1) is 12.3 Å². The second-order valence-electron chi connectivity index (χ2n) is 3.59. The van der Waals surface area contributed by atoms with Gasteiger partial charge in [-0.3, -0.25) is 0 Å². The summed E-state index contributed by atoms with van der Waals surface area (Å²) < 4.78 is 5.44. The van der Waals surface area contributed by atoms with Gasteiger partial charge in [0.15, 0.2) is 0 Å². The zero-order chi connectivity index (χ0) is 11.1. The highest BCUT2D eigenvalue weighted by molar-refractivity contribution is 5.04. The lowest BCUT2D eigenvalue weighted by atomic mass is 10.2. The third-order valence-electron chi connectivity index (χ3n) is 2.27. The van der Waals surface area contributed by atoms with Crippen LogP contribution < -0.4 is 5.32 Å². The van der Waals surface area contributed by atoms with E-state index >= 15 is 0 Å². The first-order valence-corrected chi connectivity index (χ1v) is 5.31. The Hall–Kier alpha value is -1.27. The summed E-state index contributed by atoms with van der Waals surface area (Å²) >= 11 is 0. The van der Waals surface area contributed by atoms with Crippen LogP contribution in [0, 0.1) is 26.2 Å². The molecule has 3 heteroatoms. The van der Waals surface area contributed by atoms with Crippen molar-refractivity contribution in [3.63, 3.8) is 0 Å². The van der Waals surface area contributed by atoms with E-state index in [1.807, 2.05) is 13.8 Å².